The topological polar surface area (TPSA) is 90.2 Å². The van der Waals surface area contributed by atoms with Gasteiger partial charge in [-0.3, -0.25) is 4.79 Å². The second-order valence-electron chi connectivity index (χ2n) is 5.26. The van der Waals surface area contributed by atoms with Crippen molar-refractivity contribution in [3.8, 4) is 28.7 Å². The molecular weight excluding hydrogens is 314 g/mol. The molecular formula is C17H17NO6. The molecule has 0 saturated heterocycles. The molecule has 0 saturated carbocycles. The molecule has 0 aliphatic rings. The van der Waals surface area contributed by atoms with E-state index in [2.05, 4.69) is 0 Å². The van der Waals surface area contributed by atoms with E-state index in [0.29, 0.717) is 27.9 Å². The van der Waals surface area contributed by atoms with Gasteiger partial charge in [-0.15, -0.1) is 0 Å². The lowest BCUT2D eigenvalue weighted by Crippen LogP contribution is -2.11. The van der Waals surface area contributed by atoms with E-state index in [1.165, 1.54) is 27.4 Å². The molecule has 0 unspecified atom stereocenters. The van der Waals surface area contributed by atoms with Crippen LogP contribution in [0.25, 0.3) is 21.8 Å². The largest absolute Gasteiger partial charge is 0.504 e. The monoisotopic (exact) mass is 331 g/mol. The Morgan fingerprint density at radius 1 is 1.00 bits per heavy atom. The highest BCUT2D eigenvalue weighted by Gasteiger charge is 2.22. The highest BCUT2D eigenvalue weighted by Crippen LogP contribution is 2.43. The minimum Gasteiger partial charge on any atom is -0.504 e. The Hall–Kier alpha value is -3.09. The number of phenols is 2. The van der Waals surface area contributed by atoms with Crippen molar-refractivity contribution in [3.63, 3.8) is 0 Å². The molecule has 7 heteroatoms. The zero-order chi connectivity index (χ0) is 17.6. The van der Waals surface area contributed by atoms with Crippen LogP contribution in [0.3, 0.4) is 0 Å². The van der Waals surface area contributed by atoms with Crippen LogP contribution in [-0.4, -0.2) is 36.1 Å². The first kappa shape index (κ1) is 15.8. The summed E-state index contributed by atoms with van der Waals surface area (Å²) in [6, 6.07) is 4.61. The number of nitrogens with zero attached hydrogens (tertiary/aromatic N) is 1. The van der Waals surface area contributed by atoms with Gasteiger partial charge in [0, 0.05) is 13.1 Å². The molecule has 0 fully saturated rings. The third-order valence-corrected chi connectivity index (χ3v) is 4.11. The van der Waals surface area contributed by atoms with Crippen LogP contribution in [-0.2, 0) is 7.05 Å². The number of fused-ring (bicyclic) bond motifs is 2. The van der Waals surface area contributed by atoms with E-state index in [1.54, 1.807) is 23.7 Å². The lowest BCUT2D eigenvalue weighted by Gasteiger charge is -2.17. The smallest absolute Gasteiger partial charge is 0.203 e. The van der Waals surface area contributed by atoms with Crippen LogP contribution >= 0.6 is 0 Å². The quantitative estimate of drug-likeness (QED) is 0.715. The summed E-state index contributed by atoms with van der Waals surface area (Å²) < 4.78 is 17.3. The summed E-state index contributed by atoms with van der Waals surface area (Å²) in [7, 11) is 6.00. The van der Waals surface area contributed by atoms with E-state index in [9.17, 15) is 15.0 Å². The molecule has 2 N–H and O–H groups in total. The molecule has 0 amide bonds. The Kier molecular flexibility index (Phi) is 3.63. The summed E-state index contributed by atoms with van der Waals surface area (Å²) in [6.07, 6.45) is 0. The second kappa shape index (κ2) is 5.52. The van der Waals surface area contributed by atoms with Crippen molar-refractivity contribution in [3.05, 3.63) is 28.4 Å². The van der Waals surface area contributed by atoms with Gasteiger partial charge in [0.15, 0.2) is 23.0 Å². The van der Waals surface area contributed by atoms with E-state index < -0.39 is 11.2 Å². The van der Waals surface area contributed by atoms with E-state index >= 15 is 0 Å². The lowest BCUT2D eigenvalue weighted by molar-refractivity contribution is 0.347. The molecule has 3 aromatic rings. The van der Waals surface area contributed by atoms with Crippen molar-refractivity contribution in [2.75, 3.05) is 21.3 Å². The third kappa shape index (κ3) is 1.94. The number of ether oxygens (including phenoxy) is 3. The van der Waals surface area contributed by atoms with Gasteiger partial charge in [-0.2, -0.15) is 0 Å². The maximum Gasteiger partial charge on any atom is 0.203 e. The van der Waals surface area contributed by atoms with Crippen LogP contribution in [0.4, 0.5) is 0 Å². The van der Waals surface area contributed by atoms with Crippen LogP contribution in [0.2, 0.25) is 0 Å². The normalized spacial score (nSPS) is 11.0. The summed E-state index contributed by atoms with van der Waals surface area (Å²) in [6.45, 7) is 0. The van der Waals surface area contributed by atoms with Crippen molar-refractivity contribution in [1.29, 1.82) is 0 Å². The number of pyridine rings is 1. The maximum atomic E-state index is 12.9. The molecule has 2 aromatic carbocycles. The average Bonchev–Trinajstić information content (AvgIpc) is 2.58. The predicted octanol–water partition coefficient (Wildman–Crippen LogP) is 2.13. The Bertz CT molecular complexity index is 1020. The van der Waals surface area contributed by atoms with Crippen LogP contribution < -0.4 is 19.6 Å². The van der Waals surface area contributed by atoms with Gasteiger partial charge in [0.25, 0.3) is 0 Å². The first-order valence-corrected chi connectivity index (χ1v) is 7.12. The molecule has 7 nitrogen and oxygen atoms in total. The fraction of sp³-hybridized carbons (Fsp3) is 0.235. The van der Waals surface area contributed by atoms with Crippen molar-refractivity contribution < 1.29 is 24.4 Å². The number of hydrogen-bond acceptors (Lipinski definition) is 6. The van der Waals surface area contributed by atoms with Crippen molar-refractivity contribution in [2.24, 2.45) is 7.05 Å². The van der Waals surface area contributed by atoms with Gasteiger partial charge in [0.05, 0.1) is 43.1 Å². The predicted molar refractivity (Wildman–Crippen MR) is 89.7 cm³/mol. The van der Waals surface area contributed by atoms with E-state index in [4.69, 9.17) is 14.2 Å². The van der Waals surface area contributed by atoms with Crippen LogP contribution in [0, 0.1) is 0 Å². The maximum absolute atomic E-state index is 12.9. The van der Waals surface area contributed by atoms with Gasteiger partial charge in [-0.1, -0.05) is 0 Å². The van der Waals surface area contributed by atoms with Gasteiger partial charge in [0.2, 0.25) is 11.2 Å². The number of hydrogen-bond donors (Lipinski definition) is 2. The summed E-state index contributed by atoms with van der Waals surface area (Å²) in [4.78, 5) is 12.9. The molecule has 0 radical (unpaired) electrons. The van der Waals surface area contributed by atoms with E-state index in [1.807, 2.05) is 0 Å². The summed E-state index contributed by atoms with van der Waals surface area (Å²) in [5.74, 6) is 0.0653. The highest BCUT2D eigenvalue weighted by atomic mass is 16.5. The zero-order valence-corrected chi connectivity index (χ0v) is 13.7. The van der Waals surface area contributed by atoms with Gasteiger partial charge in [-0.05, 0) is 12.1 Å². The number of phenolic OH excluding ortho intramolecular Hbond substituents is 2. The number of rotatable bonds is 3. The fourth-order valence-corrected chi connectivity index (χ4v) is 2.99. The zero-order valence-electron chi connectivity index (χ0n) is 13.7. The molecule has 126 valence electrons. The molecule has 24 heavy (non-hydrogen) atoms. The summed E-state index contributed by atoms with van der Waals surface area (Å²) >= 11 is 0. The molecule has 0 aliphatic heterocycles. The Morgan fingerprint density at radius 2 is 1.67 bits per heavy atom. The number of aryl methyl sites for hydroxylation is 1. The van der Waals surface area contributed by atoms with Crippen molar-refractivity contribution >= 4 is 21.8 Å². The molecule has 1 heterocycles. The SMILES string of the molecule is COc1ccc2c(=O)c3c(O)c(OC)c(O)cc3n(C)c2c1OC. The molecule has 0 bridgehead atoms. The van der Waals surface area contributed by atoms with Crippen LogP contribution in [0.5, 0.6) is 28.7 Å². The number of aromatic hydroxyl groups is 2. The number of methoxy groups -OCH3 is 3. The minimum absolute atomic E-state index is 0.0619. The standard InChI is InChI=1S/C17H17NO6/c1-18-9-7-10(19)16(23-3)15(21)12(9)14(20)8-5-6-11(22-2)17(24-4)13(8)18/h5-7,19,21H,1-4H3. The Morgan fingerprint density at radius 3 is 2.25 bits per heavy atom. The van der Waals surface area contributed by atoms with E-state index in [0.717, 1.165) is 0 Å². The highest BCUT2D eigenvalue weighted by molar-refractivity contribution is 6.01. The van der Waals surface area contributed by atoms with Gasteiger partial charge in [0.1, 0.15) is 0 Å². The van der Waals surface area contributed by atoms with Gasteiger partial charge < -0.3 is 29.0 Å². The second-order valence-corrected chi connectivity index (χ2v) is 5.26. The van der Waals surface area contributed by atoms with E-state index in [-0.39, 0.29) is 16.9 Å². The van der Waals surface area contributed by atoms with Crippen LogP contribution in [0.1, 0.15) is 0 Å². The van der Waals surface area contributed by atoms with Crippen molar-refractivity contribution in [1.82, 2.24) is 4.57 Å². The molecule has 3 rings (SSSR count). The molecule has 0 aliphatic carbocycles. The molecule has 1 aromatic heterocycles. The lowest BCUT2D eigenvalue weighted by atomic mass is 10.1. The molecule has 0 spiro atoms. The first-order valence-electron chi connectivity index (χ1n) is 7.12. The van der Waals surface area contributed by atoms with Gasteiger partial charge >= 0.3 is 0 Å². The summed E-state index contributed by atoms with van der Waals surface area (Å²) in [5, 5.41) is 20.8. The van der Waals surface area contributed by atoms with Crippen LogP contribution in [0.15, 0.2) is 23.0 Å². The van der Waals surface area contributed by atoms with Crippen molar-refractivity contribution in [2.45, 2.75) is 0 Å². The first-order chi connectivity index (χ1) is 11.5. The third-order valence-electron chi connectivity index (χ3n) is 4.11. The Balaban J connectivity index is 2.64. The number of benzene rings is 2. The average molecular weight is 331 g/mol. The fourth-order valence-electron chi connectivity index (χ4n) is 2.99. The van der Waals surface area contributed by atoms with Gasteiger partial charge in [-0.25, -0.2) is 0 Å². The summed E-state index contributed by atoms with van der Waals surface area (Å²) in [5.41, 5.74) is 0.447. The Labute approximate surface area is 137 Å². The number of aromatic nitrogens is 1. The minimum atomic E-state index is -0.398. The molecule has 0 atom stereocenters.